The SMILES string of the molecule is CC1CCCC/C1=N/n1c(-c2ccc(Cl)cc2)cc(C(F)(F)F)c(C#N)c1=O. The highest BCUT2D eigenvalue weighted by molar-refractivity contribution is 6.30. The summed E-state index contributed by atoms with van der Waals surface area (Å²) in [5, 5.41) is 14.0. The monoisotopic (exact) mass is 407 g/mol. The quantitative estimate of drug-likeness (QED) is 0.662. The van der Waals surface area contributed by atoms with E-state index < -0.39 is 22.9 Å². The maximum atomic E-state index is 13.5. The number of rotatable bonds is 2. The summed E-state index contributed by atoms with van der Waals surface area (Å²) in [6.45, 7) is 1.97. The van der Waals surface area contributed by atoms with Gasteiger partial charge in [-0.1, -0.05) is 37.1 Å². The normalized spacial score (nSPS) is 18.9. The summed E-state index contributed by atoms with van der Waals surface area (Å²) in [6.07, 6.45) is -1.34. The third-order valence-electron chi connectivity index (χ3n) is 4.86. The Morgan fingerprint density at radius 3 is 2.50 bits per heavy atom. The first-order valence-corrected chi connectivity index (χ1v) is 9.21. The van der Waals surface area contributed by atoms with E-state index in [1.807, 2.05) is 6.92 Å². The Labute approximate surface area is 164 Å². The molecule has 1 aliphatic carbocycles. The first-order chi connectivity index (χ1) is 13.2. The minimum atomic E-state index is -4.84. The van der Waals surface area contributed by atoms with E-state index in [1.165, 1.54) is 30.3 Å². The molecule has 1 aromatic heterocycles. The number of nitrogens with zero attached hydrogens (tertiary/aromatic N) is 3. The van der Waals surface area contributed by atoms with Crippen molar-refractivity contribution in [2.45, 2.75) is 38.8 Å². The lowest BCUT2D eigenvalue weighted by atomic mass is 9.89. The molecule has 2 aromatic rings. The van der Waals surface area contributed by atoms with Crippen LogP contribution in [0.2, 0.25) is 5.02 Å². The van der Waals surface area contributed by atoms with E-state index in [9.17, 15) is 23.2 Å². The molecule has 0 radical (unpaired) electrons. The molecule has 1 saturated carbocycles. The summed E-state index contributed by atoms with van der Waals surface area (Å²) in [5.74, 6) is 0.117. The van der Waals surface area contributed by atoms with E-state index in [4.69, 9.17) is 11.6 Å². The number of nitriles is 1. The standard InChI is InChI=1S/C20H17ClF3N3O/c1-12-4-2-3-5-17(12)26-27-18(13-6-8-14(21)9-7-13)10-16(20(22,23)24)15(11-25)19(27)28/h6-10,12H,2-5H2,1H3/b26-17-. The van der Waals surface area contributed by atoms with Gasteiger partial charge in [-0.05, 0) is 43.4 Å². The van der Waals surface area contributed by atoms with Gasteiger partial charge in [0.15, 0.2) is 0 Å². The lowest BCUT2D eigenvalue weighted by Gasteiger charge is -2.21. The zero-order valence-corrected chi connectivity index (χ0v) is 15.8. The van der Waals surface area contributed by atoms with Crippen LogP contribution in [0, 0.1) is 17.2 Å². The zero-order valence-electron chi connectivity index (χ0n) is 15.1. The molecule has 1 aliphatic rings. The molecule has 0 saturated heterocycles. The van der Waals surface area contributed by atoms with Crippen LogP contribution < -0.4 is 5.56 Å². The van der Waals surface area contributed by atoms with E-state index >= 15 is 0 Å². The second-order valence-electron chi connectivity index (χ2n) is 6.79. The number of aromatic nitrogens is 1. The molecule has 8 heteroatoms. The number of pyridine rings is 1. The van der Waals surface area contributed by atoms with Crippen molar-refractivity contribution in [3.63, 3.8) is 0 Å². The van der Waals surface area contributed by atoms with Gasteiger partial charge in [0.05, 0.1) is 11.3 Å². The van der Waals surface area contributed by atoms with E-state index in [1.54, 1.807) is 0 Å². The molecule has 0 aliphatic heterocycles. The molecule has 28 heavy (non-hydrogen) atoms. The molecular formula is C20H17ClF3N3O. The number of hydrogen-bond donors (Lipinski definition) is 0. The van der Waals surface area contributed by atoms with Crippen molar-refractivity contribution < 1.29 is 13.2 Å². The molecule has 0 N–H and O–H groups in total. The number of alkyl halides is 3. The fourth-order valence-electron chi connectivity index (χ4n) is 3.30. The Bertz CT molecular complexity index is 1020. The van der Waals surface area contributed by atoms with Gasteiger partial charge in [-0.15, -0.1) is 0 Å². The van der Waals surface area contributed by atoms with Crippen molar-refractivity contribution in [2.24, 2.45) is 11.0 Å². The van der Waals surface area contributed by atoms with Gasteiger partial charge in [0.2, 0.25) is 0 Å². The topological polar surface area (TPSA) is 58.1 Å². The first-order valence-electron chi connectivity index (χ1n) is 8.83. The molecule has 0 amide bonds. The maximum absolute atomic E-state index is 13.5. The van der Waals surface area contributed by atoms with Crippen LogP contribution in [0.25, 0.3) is 11.3 Å². The summed E-state index contributed by atoms with van der Waals surface area (Å²) < 4.78 is 41.3. The Balaban J connectivity index is 2.33. The predicted molar refractivity (Wildman–Crippen MR) is 101 cm³/mol. The Morgan fingerprint density at radius 2 is 1.93 bits per heavy atom. The second kappa shape index (κ2) is 7.80. The zero-order chi connectivity index (χ0) is 20.5. The van der Waals surface area contributed by atoms with E-state index in [0.29, 0.717) is 17.0 Å². The lowest BCUT2D eigenvalue weighted by molar-refractivity contribution is -0.137. The summed E-state index contributed by atoms with van der Waals surface area (Å²) >= 11 is 5.88. The van der Waals surface area contributed by atoms with Crippen molar-refractivity contribution in [3.05, 3.63) is 56.8 Å². The number of halogens is 4. The predicted octanol–water partition coefficient (Wildman–Crippen LogP) is 5.47. The van der Waals surface area contributed by atoms with Crippen LogP contribution in [-0.2, 0) is 6.18 Å². The molecule has 0 bridgehead atoms. The van der Waals surface area contributed by atoms with Gasteiger partial charge in [0.25, 0.3) is 5.56 Å². The summed E-state index contributed by atoms with van der Waals surface area (Å²) in [5.41, 5.74) is -2.24. The third kappa shape index (κ3) is 3.97. The Kier molecular flexibility index (Phi) is 5.61. The van der Waals surface area contributed by atoms with Crippen LogP contribution in [-0.4, -0.2) is 10.4 Å². The highest BCUT2D eigenvalue weighted by Crippen LogP contribution is 2.34. The highest BCUT2D eigenvalue weighted by Gasteiger charge is 2.36. The van der Waals surface area contributed by atoms with Crippen molar-refractivity contribution in [3.8, 4) is 17.3 Å². The summed E-state index contributed by atoms with van der Waals surface area (Å²) in [6, 6.07) is 8.29. The molecule has 4 nitrogen and oxygen atoms in total. The van der Waals surface area contributed by atoms with Gasteiger partial charge in [-0.2, -0.15) is 28.2 Å². The summed E-state index contributed by atoms with van der Waals surface area (Å²) in [7, 11) is 0. The van der Waals surface area contributed by atoms with Crippen molar-refractivity contribution in [2.75, 3.05) is 0 Å². The molecule has 1 atom stereocenters. The summed E-state index contributed by atoms with van der Waals surface area (Å²) in [4.78, 5) is 12.8. The van der Waals surface area contributed by atoms with Gasteiger partial charge < -0.3 is 0 Å². The van der Waals surface area contributed by atoms with Crippen LogP contribution in [0.4, 0.5) is 13.2 Å². The van der Waals surface area contributed by atoms with Gasteiger partial charge in [-0.3, -0.25) is 4.79 Å². The first kappa shape index (κ1) is 20.2. The minimum Gasteiger partial charge on any atom is -0.266 e. The highest BCUT2D eigenvalue weighted by atomic mass is 35.5. The molecule has 1 fully saturated rings. The van der Waals surface area contributed by atoms with Crippen LogP contribution in [0.15, 0.2) is 40.2 Å². The van der Waals surface area contributed by atoms with E-state index in [-0.39, 0.29) is 11.6 Å². The van der Waals surface area contributed by atoms with Crippen molar-refractivity contribution >= 4 is 17.3 Å². The fraction of sp³-hybridized carbons (Fsp3) is 0.350. The smallest absolute Gasteiger partial charge is 0.266 e. The Hall–Kier alpha value is -2.59. The largest absolute Gasteiger partial charge is 0.417 e. The van der Waals surface area contributed by atoms with Crippen molar-refractivity contribution in [1.82, 2.24) is 4.68 Å². The molecule has 1 unspecified atom stereocenters. The molecule has 0 spiro atoms. The maximum Gasteiger partial charge on any atom is 0.417 e. The molecule has 146 valence electrons. The number of benzene rings is 1. The third-order valence-corrected chi connectivity index (χ3v) is 5.11. The van der Waals surface area contributed by atoms with Crippen molar-refractivity contribution in [1.29, 1.82) is 5.26 Å². The van der Waals surface area contributed by atoms with Crippen LogP contribution in [0.3, 0.4) is 0 Å². The van der Waals surface area contributed by atoms with Gasteiger partial charge >= 0.3 is 6.18 Å². The lowest BCUT2D eigenvalue weighted by Crippen LogP contribution is -2.28. The van der Waals surface area contributed by atoms with Crippen LogP contribution >= 0.6 is 11.6 Å². The molecule has 1 heterocycles. The molecular weight excluding hydrogens is 391 g/mol. The van der Waals surface area contributed by atoms with Crippen LogP contribution in [0.1, 0.15) is 43.7 Å². The molecule has 3 rings (SSSR count). The van der Waals surface area contributed by atoms with Gasteiger partial charge in [-0.25, -0.2) is 0 Å². The van der Waals surface area contributed by atoms with Gasteiger partial charge in [0, 0.05) is 16.3 Å². The fourth-order valence-corrected chi connectivity index (χ4v) is 3.43. The Morgan fingerprint density at radius 1 is 1.25 bits per heavy atom. The minimum absolute atomic E-state index is 0.0294. The van der Waals surface area contributed by atoms with Gasteiger partial charge in [0.1, 0.15) is 11.6 Å². The average molecular weight is 408 g/mol. The number of hydrogen-bond acceptors (Lipinski definition) is 3. The van der Waals surface area contributed by atoms with E-state index in [2.05, 4.69) is 5.10 Å². The molecule has 1 aromatic carbocycles. The van der Waals surface area contributed by atoms with Crippen LogP contribution in [0.5, 0.6) is 0 Å². The second-order valence-corrected chi connectivity index (χ2v) is 7.23. The average Bonchev–Trinajstić information content (AvgIpc) is 2.64. The van der Waals surface area contributed by atoms with E-state index in [0.717, 1.165) is 35.7 Å².